The van der Waals surface area contributed by atoms with Crippen LogP contribution in [0.5, 0.6) is 0 Å². The number of aromatic nitrogens is 2. The van der Waals surface area contributed by atoms with Gasteiger partial charge < -0.3 is 4.40 Å². The number of rotatable bonds is 1. The van der Waals surface area contributed by atoms with Crippen LogP contribution in [0.15, 0.2) is 66.9 Å². The molecule has 3 unspecified atom stereocenters. The fraction of sp³-hybridized carbons (Fsp3) is 0.265. The molecule has 0 amide bonds. The molecule has 3 atom stereocenters. The summed E-state index contributed by atoms with van der Waals surface area (Å²) in [6.07, 6.45) is 7.67. The lowest BCUT2D eigenvalue weighted by Gasteiger charge is -2.24. The predicted molar refractivity (Wildman–Crippen MR) is 152 cm³/mol. The molecule has 2 aliphatic carbocycles. The van der Waals surface area contributed by atoms with Gasteiger partial charge in [-0.1, -0.05) is 42.8 Å². The van der Waals surface area contributed by atoms with Crippen LogP contribution in [-0.4, -0.2) is 9.38 Å². The molecule has 2 fully saturated rings. The second-order valence-electron chi connectivity index (χ2n) is 11.7. The number of benzene rings is 4. The lowest BCUT2D eigenvalue weighted by atomic mass is 9.80. The van der Waals surface area contributed by atoms with Gasteiger partial charge in [-0.25, -0.2) is 0 Å². The molecule has 2 nitrogen and oxygen atoms in total. The van der Waals surface area contributed by atoms with Gasteiger partial charge >= 0.3 is 0 Å². The highest BCUT2D eigenvalue weighted by Gasteiger charge is 2.41. The second kappa shape index (κ2) is 6.56. The molecular formula is C34H28N2. The molecule has 3 aromatic heterocycles. The highest BCUT2D eigenvalue weighted by Crippen LogP contribution is 2.56. The number of nitrogens with zero attached hydrogens (tertiary/aromatic N) is 2. The van der Waals surface area contributed by atoms with E-state index in [-0.39, 0.29) is 0 Å². The third-order valence-electron chi connectivity index (χ3n) is 9.90. The highest BCUT2D eigenvalue weighted by atomic mass is 14.9. The van der Waals surface area contributed by atoms with Crippen LogP contribution in [0.25, 0.3) is 59.8 Å². The lowest BCUT2D eigenvalue weighted by Crippen LogP contribution is -2.09. The molecule has 2 bridgehead atoms. The van der Waals surface area contributed by atoms with E-state index in [9.17, 15) is 0 Å². The van der Waals surface area contributed by atoms with Crippen molar-refractivity contribution in [3.8, 4) is 0 Å². The van der Waals surface area contributed by atoms with Crippen LogP contribution < -0.4 is 0 Å². The van der Waals surface area contributed by atoms with Gasteiger partial charge in [-0.2, -0.15) is 0 Å². The zero-order valence-corrected chi connectivity index (χ0v) is 20.8. The van der Waals surface area contributed by atoms with E-state index in [1.807, 2.05) is 6.20 Å². The van der Waals surface area contributed by atoms with Gasteiger partial charge in [0.05, 0.1) is 22.1 Å². The zero-order chi connectivity index (χ0) is 23.7. The van der Waals surface area contributed by atoms with Crippen LogP contribution in [0.2, 0.25) is 0 Å². The minimum Gasteiger partial charge on any atom is -0.308 e. The van der Waals surface area contributed by atoms with E-state index < -0.39 is 0 Å². The molecule has 0 radical (unpaired) electrons. The molecular weight excluding hydrogens is 436 g/mol. The van der Waals surface area contributed by atoms with Gasteiger partial charge in [0.2, 0.25) is 0 Å². The fourth-order valence-corrected chi connectivity index (χ4v) is 8.54. The maximum Gasteiger partial charge on any atom is 0.0823 e. The van der Waals surface area contributed by atoms with Crippen molar-refractivity contribution in [1.82, 2.24) is 9.38 Å². The van der Waals surface area contributed by atoms with Crippen molar-refractivity contribution < 1.29 is 0 Å². The molecule has 174 valence electrons. The Labute approximate surface area is 209 Å². The average molecular weight is 465 g/mol. The summed E-state index contributed by atoms with van der Waals surface area (Å²) >= 11 is 0. The van der Waals surface area contributed by atoms with Gasteiger partial charge in [0.25, 0.3) is 0 Å². The number of pyridine rings is 2. The first kappa shape index (κ1) is 19.5. The van der Waals surface area contributed by atoms with Crippen molar-refractivity contribution in [2.45, 2.75) is 45.4 Å². The summed E-state index contributed by atoms with van der Waals surface area (Å²) in [5, 5.41) is 9.51. The SMILES string of the molecule is Cc1cccc2cc3c4nccc5cc(C6CC7CCC6C7)c6c7ccccc7n(c3c(C)c12)c6c54. The summed E-state index contributed by atoms with van der Waals surface area (Å²) in [6.45, 7) is 4.56. The average Bonchev–Trinajstić information content (AvgIpc) is 3.62. The third kappa shape index (κ3) is 2.23. The molecule has 2 saturated carbocycles. The standard InChI is InChI=1S/C34H28N2/c1-18-6-5-7-22-17-27-32-30-23(12-13-35-32)16-26(25-15-20-10-11-21(25)14-20)31-24-8-3-4-9-28(24)36(34(30)31)33(27)19(2)29(18)22/h3-9,12-13,16-17,20-21,25H,10-11,14-15H2,1-2H3. The zero-order valence-electron chi connectivity index (χ0n) is 20.8. The molecule has 36 heavy (non-hydrogen) atoms. The number of aryl methyl sites for hydroxylation is 2. The van der Waals surface area contributed by atoms with Crippen molar-refractivity contribution in [2.75, 3.05) is 0 Å². The smallest absolute Gasteiger partial charge is 0.0823 e. The van der Waals surface area contributed by atoms with Crippen molar-refractivity contribution in [3.63, 3.8) is 0 Å². The van der Waals surface area contributed by atoms with E-state index in [1.54, 1.807) is 5.56 Å². The Morgan fingerprint density at radius 1 is 0.778 bits per heavy atom. The van der Waals surface area contributed by atoms with Gasteiger partial charge in [0.15, 0.2) is 0 Å². The normalized spacial score (nSPS) is 22.0. The summed E-state index contributed by atoms with van der Waals surface area (Å²) < 4.78 is 2.61. The number of hydrogen-bond donors (Lipinski definition) is 0. The fourth-order valence-electron chi connectivity index (χ4n) is 8.54. The van der Waals surface area contributed by atoms with E-state index in [0.717, 1.165) is 17.4 Å². The maximum atomic E-state index is 5.05. The van der Waals surface area contributed by atoms with E-state index in [1.165, 1.54) is 91.1 Å². The first-order valence-electron chi connectivity index (χ1n) is 13.6. The van der Waals surface area contributed by atoms with Crippen LogP contribution in [0.1, 0.15) is 48.3 Å². The summed E-state index contributed by atoms with van der Waals surface area (Å²) in [5.41, 5.74) is 9.48. The van der Waals surface area contributed by atoms with Crippen molar-refractivity contribution in [1.29, 1.82) is 0 Å². The summed E-state index contributed by atoms with van der Waals surface area (Å²) in [4.78, 5) is 5.05. The van der Waals surface area contributed by atoms with E-state index in [2.05, 4.69) is 78.9 Å². The minimum atomic E-state index is 0.686. The van der Waals surface area contributed by atoms with Crippen LogP contribution >= 0.6 is 0 Å². The summed E-state index contributed by atoms with van der Waals surface area (Å²) in [7, 11) is 0. The van der Waals surface area contributed by atoms with Crippen LogP contribution in [-0.2, 0) is 0 Å². The molecule has 0 N–H and O–H groups in total. The van der Waals surface area contributed by atoms with Crippen molar-refractivity contribution in [3.05, 3.63) is 83.6 Å². The second-order valence-corrected chi connectivity index (χ2v) is 11.7. The number of fused-ring (bicyclic) bond motifs is 9. The van der Waals surface area contributed by atoms with Gasteiger partial charge in [-0.3, -0.25) is 4.98 Å². The largest absolute Gasteiger partial charge is 0.308 e. The van der Waals surface area contributed by atoms with Gasteiger partial charge in [0.1, 0.15) is 0 Å². The molecule has 0 saturated heterocycles. The molecule has 7 aromatic rings. The molecule has 0 aliphatic heterocycles. The van der Waals surface area contributed by atoms with Crippen LogP contribution in [0, 0.1) is 25.7 Å². The van der Waals surface area contributed by atoms with E-state index in [4.69, 9.17) is 4.98 Å². The Bertz CT molecular complexity index is 2040. The quantitative estimate of drug-likeness (QED) is 0.175. The highest BCUT2D eigenvalue weighted by molar-refractivity contribution is 6.29. The van der Waals surface area contributed by atoms with E-state index in [0.29, 0.717) is 5.92 Å². The van der Waals surface area contributed by atoms with E-state index >= 15 is 0 Å². The maximum absolute atomic E-state index is 5.05. The Hall–Kier alpha value is -3.65. The van der Waals surface area contributed by atoms with Crippen LogP contribution in [0.3, 0.4) is 0 Å². The molecule has 0 spiro atoms. The molecule has 4 aromatic carbocycles. The number of hydrogen-bond acceptors (Lipinski definition) is 1. The van der Waals surface area contributed by atoms with Crippen molar-refractivity contribution in [2.24, 2.45) is 11.8 Å². The third-order valence-corrected chi connectivity index (χ3v) is 9.90. The summed E-state index contributed by atoms with van der Waals surface area (Å²) in [6, 6.07) is 23.0. The molecule has 9 rings (SSSR count). The molecule has 2 aliphatic rings. The van der Waals surface area contributed by atoms with Crippen LogP contribution in [0.4, 0.5) is 0 Å². The first-order chi connectivity index (χ1) is 17.7. The lowest BCUT2D eigenvalue weighted by molar-refractivity contribution is 0.422. The van der Waals surface area contributed by atoms with Crippen molar-refractivity contribution >= 4 is 59.8 Å². The Morgan fingerprint density at radius 2 is 1.67 bits per heavy atom. The molecule has 3 heterocycles. The van der Waals surface area contributed by atoms with Gasteiger partial charge in [0, 0.05) is 27.7 Å². The predicted octanol–water partition coefficient (Wildman–Crippen LogP) is 9.06. The Morgan fingerprint density at radius 3 is 2.53 bits per heavy atom. The summed E-state index contributed by atoms with van der Waals surface area (Å²) in [5.74, 6) is 2.46. The molecule has 2 heteroatoms. The first-order valence-corrected chi connectivity index (χ1v) is 13.6. The monoisotopic (exact) mass is 464 g/mol. The topological polar surface area (TPSA) is 17.3 Å². The van der Waals surface area contributed by atoms with Gasteiger partial charge in [-0.05, 0) is 108 Å². The number of para-hydroxylation sites is 1. The Kier molecular flexibility index (Phi) is 3.56. The Balaban J connectivity index is 1.59. The minimum absolute atomic E-state index is 0.686. The van der Waals surface area contributed by atoms with Gasteiger partial charge in [-0.15, -0.1) is 0 Å².